The molecular formula is C24H22N6S. The quantitative estimate of drug-likeness (QED) is 0.312. The van der Waals surface area contributed by atoms with E-state index < -0.39 is 0 Å². The van der Waals surface area contributed by atoms with Gasteiger partial charge in [-0.2, -0.15) is 10.4 Å². The third-order valence-electron chi connectivity index (χ3n) is 5.01. The number of benzene rings is 3. The summed E-state index contributed by atoms with van der Waals surface area (Å²) in [6.45, 7) is 4.34. The van der Waals surface area contributed by atoms with Crippen LogP contribution in [-0.4, -0.2) is 22.1 Å². The molecule has 0 aliphatic carbocycles. The van der Waals surface area contributed by atoms with Crippen LogP contribution in [0.25, 0.3) is 10.8 Å². The number of hydrazone groups is 1. The van der Waals surface area contributed by atoms with Crippen molar-refractivity contribution in [2.75, 3.05) is 5.43 Å². The molecule has 1 aliphatic heterocycles. The summed E-state index contributed by atoms with van der Waals surface area (Å²) in [6.07, 6.45) is 0.909. The fraction of sp³-hybridized carbons (Fsp3) is 0.167. The Balaban J connectivity index is 1.61. The Morgan fingerprint density at radius 2 is 1.90 bits per heavy atom. The molecule has 1 heterocycles. The largest absolute Gasteiger partial charge is 0.382 e. The van der Waals surface area contributed by atoms with E-state index in [4.69, 9.17) is 21.4 Å². The maximum absolute atomic E-state index is 8.93. The zero-order chi connectivity index (χ0) is 22.0. The number of nitrogens with two attached hydrogens (primary N) is 1. The smallest absolute Gasteiger partial charge is 0.201 e. The predicted octanol–water partition coefficient (Wildman–Crippen LogP) is 4.94. The molecule has 0 radical (unpaired) electrons. The topological polar surface area (TPSA) is 110 Å². The zero-order valence-electron chi connectivity index (χ0n) is 17.3. The van der Waals surface area contributed by atoms with Crippen molar-refractivity contribution in [3.05, 3.63) is 71.8 Å². The number of hydrogen-bond acceptors (Lipinski definition) is 6. The van der Waals surface area contributed by atoms with Gasteiger partial charge in [-0.1, -0.05) is 48.2 Å². The molecule has 0 fully saturated rings. The monoisotopic (exact) mass is 426 g/mol. The molecule has 4 rings (SSSR count). The van der Waals surface area contributed by atoms with Gasteiger partial charge in [0.05, 0.1) is 11.2 Å². The minimum Gasteiger partial charge on any atom is -0.382 e. The molecule has 0 spiro atoms. The first-order valence-corrected chi connectivity index (χ1v) is 10.6. The minimum atomic E-state index is -0.369. The van der Waals surface area contributed by atoms with Crippen LogP contribution in [-0.2, 0) is 6.42 Å². The van der Waals surface area contributed by atoms with E-state index in [0.29, 0.717) is 5.69 Å². The number of amidine groups is 1. The molecule has 3 aromatic rings. The summed E-state index contributed by atoms with van der Waals surface area (Å²) in [6, 6.07) is 22.3. The number of nitrogens with zero attached hydrogens (tertiary/aromatic N) is 3. The van der Waals surface area contributed by atoms with Gasteiger partial charge in [-0.3, -0.25) is 15.8 Å². The van der Waals surface area contributed by atoms with Gasteiger partial charge in [-0.15, -0.1) is 0 Å². The number of nitrogens with one attached hydrogen (secondary N) is 2. The fourth-order valence-corrected chi connectivity index (χ4v) is 4.68. The Bertz CT molecular complexity index is 1270. The van der Waals surface area contributed by atoms with Gasteiger partial charge < -0.3 is 5.73 Å². The summed E-state index contributed by atoms with van der Waals surface area (Å²) < 4.78 is 0. The normalized spacial score (nSPS) is 15.0. The van der Waals surface area contributed by atoms with Crippen molar-refractivity contribution in [3.63, 3.8) is 0 Å². The summed E-state index contributed by atoms with van der Waals surface area (Å²) in [5, 5.41) is 23.6. The molecule has 3 aromatic carbocycles. The minimum absolute atomic E-state index is 0.152. The van der Waals surface area contributed by atoms with Crippen molar-refractivity contribution in [2.24, 2.45) is 15.8 Å². The molecule has 0 unspecified atom stereocenters. The number of hydrogen-bond donors (Lipinski definition) is 3. The van der Waals surface area contributed by atoms with Crippen molar-refractivity contribution in [1.82, 2.24) is 0 Å². The Labute approximate surface area is 185 Å². The van der Waals surface area contributed by atoms with Crippen molar-refractivity contribution in [2.45, 2.75) is 30.7 Å². The summed E-state index contributed by atoms with van der Waals surface area (Å²) in [5.41, 5.74) is 11.0. The van der Waals surface area contributed by atoms with Crippen LogP contribution in [0.2, 0.25) is 0 Å². The fourth-order valence-electron chi connectivity index (χ4n) is 3.59. The van der Waals surface area contributed by atoms with Crippen LogP contribution in [0.1, 0.15) is 25.0 Å². The number of anilines is 1. The van der Waals surface area contributed by atoms with Crippen molar-refractivity contribution in [1.29, 1.82) is 10.7 Å². The van der Waals surface area contributed by atoms with Crippen LogP contribution in [0.5, 0.6) is 0 Å². The molecule has 0 bridgehead atoms. The molecule has 0 saturated carbocycles. The predicted molar refractivity (Wildman–Crippen MR) is 129 cm³/mol. The highest BCUT2D eigenvalue weighted by molar-refractivity contribution is 8.14. The molecule has 4 N–H and O–H groups in total. The van der Waals surface area contributed by atoms with E-state index in [1.807, 2.05) is 24.3 Å². The van der Waals surface area contributed by atoms with E-state index in [1.54, 1.807) is 17.8 Å². The van der Waals surface area contributed by atoms with Gasteiger partial charge in [-0.05, 0) is 60.9 Å². The van der Waals surface area contributed by atoms with Crippen LogP contribution in [0.4, 0.5) is 5.69 Å². The van der Waals surface area contributed by atoms with Gasteiger partial charge in [0.15, 0.2) is 5.84 Å². The van der Waals surface area contributed by atoms with Crippen molar-refractivity contribution >= 4 is 44.8 Å². The molecule has 154 valence electrons. The average Bonchev–Trinajstić information content (AvgIpc) is 2.74. The van der Waals surface area contributed by atoms with Crippen molar-refractivity contribution in [3.8, 4) is 6.07 Å². The summed E-state index contributed by atoms with van der Waals surface area (Å²) >= 11 is 1.64. The maximum Gasteiger partial charge on any atom is 0.201 e. The standard InChI is InChI=1S/C24H22N6S/c1-24(2)13-20-18-6-4-3-5-15(18)7-12-19(20)23(28-24)31-17-10-8-16(9-11-17)29-30-21(14-25)22(26)27/h3-12,29H,13H2,1-2H3,(H3,26,27)/b30-21+. The Morgan fingerprint density at radius 3 is 2.61 bits per heavy atom. The lowest BCUT2D eigenvalue weighted by Gasteiger charge is -2.29. The second-order valence-electron chi connectivity index (χ2n) is 7.94. The van der Waals surface area contributed by atoms with Gasteiger partial charge in [0.1, 0.15) is 11.1 Å². The first kappa shape index (κ1) is 20.6. The van der Waals surface area contributed by atoms with E-state index in [2.05, 4.69) is 60.8 Å². The molecule has 31 heavy (non-hydrogen) atoms. The molecule has 0 amide bonds. The molecule has 1 aliphatic rings. The van der Waals surface area contributed by atoms with Gasteiger partial charge in [0.25, 0.3) is 0 Å². The van der Waals surface area contributed by atoms with Crippen LogP contribution < -0.4 is 11.2 Å². The first-order valence-electron chi connectivity index (χ1n) is 9.83. The summed E-state index contributed by atoms with van der Waals surface area (Å²) in [5.74, 6) is -0.369. The summed E-state index contributed by atoms with van der Waals surface area (Å²) in [7, 11) is 0. The van der Waals surface area contributed by atoms with Gasteiger partial charge in [0, 0.05) is 10.5 Å². The third-order valence-corrected chi connectivity index (χ3v) is 6.02. The van der Waals surface area contributed by atoms with Crippen molar-refractivity contribution < 1.29 is 0 Å². The first-order chi connectivity index (χ1) is 14.9. The summed E-state index contributed by atoms with van der Waals surface area (Å²) in [4.78, 5) is 6.09. The number of rotatable bonds is 4. The van der Waals surface area contributed by atoms with E-state index in [9.17, 15) is 0 Å². The molecular weight excluding hydrogens is 404 g/mol. The highest BCUT2D eigenvalue weighted by Crippen LogP contribution is 2.37. The van der Waals surface area contributed by atoms with Gasteiger partial charge in [-0.25, -0.2) is 0 Å². The van der Waals surface area contributed by atoms with E-state index >= 15 is 0 Å². The Morgan fingerprint density at radius 1 is 1.16 bits per heavy atom. The maximum atomic E-state index is 8.93. The van der Waals surface area contributed by atoms with Crippen LogP contribution in [0.3, 0.4) is 0 Å². The number of nitriles is 1. The Hall–Kier alpha value is -3.63. The molecule has 0 saturated heterocycles. The van der Waals surface area contributed by atoms with Crippen LogP contribution >= 0.6 is 11.8 Å². The highest BCUT2D eigenvalue weighted by Gasteiger charge is 2.28. The number of fused-ring (bicyclic) bond motifs is 3. The van der Waals surface area contributed by atoms with E-state index in [0.717, 1.165) is 16.4 Å². The van der Waals surface area contributed by atoms with E-state index in [1.165, 1.54) is 21.9 Å². The average molecular weight is 427 g/mol. The number of thioether (sulfide) groups is 1. The number of aliphatic imine (C=N–C) groups is 1. The lowest BCUT2D eigenvalue weighted by Crippen LogP contribution is -2.28. The van der Waals surface area contributed by atoms with Gasteiger partial charge >= 0.3 is 0 Å². The lowest BCUT2D eigenvalue weighted by molar-refractivity contribution is 0.517. The molecule has 0 aromatic heterocycles. The van der Waals surface area contributed by atoms with Crippen LogP contribution in [0.15, 0.2) is 75.7 Å². The molecule has 6 nitrogen and oxygen atoms in total. The highest BCUT2D eigenvalue weighted by atomic mass is 32.2. The van der Waals surface area contributed by atoms with Gasteiger partial charge in [0.2, 0.25) is 5.71 Å². The molecule has 0 atom stereocenters. The zero-order valence-corrected chi connectivity index (χ0v) is 18.1. The third kappa shape index (κ3) is 4.44. The second-order valence-corrected chi connectivity index (χ2v) is 9.01. The second kappa shape index (κ2) is 8.25. The van der Waals surface area contributed by atoms with E-state index in [-0.39, 0.29) is 17.1 Å². The van der Waals surface area contributed by atoms with Crippen LogP contribution in [0, 0.1) is 16.7 Å². The lowest BCUT2D eigenvalue weighted by atomic mass is 9.86. The SMILES string of the molecule is CC1(C)Cc2c(ccc3ccccc23)C(Sc2ccc(N/N=C(\C#N)C(=N)N)cc2)=N1. The Kier molecular flexibility index (Phi) is 5.49. The molecule has 7 heteroatoms.